The molecule has 1 aromatic heterocycles. The summed E-state index contributed by atoms with van der Waals surface area (Å²) in [7, 11) is 0. The van der Waals surface area contributed by atoms with E-state index in [1.54, 1.807) is 0 Å². The van der Waals surface area contributed by atoms with Crippen molar-refractivity contribution in [2.75, 3.05) is 5.32 Å². The molecule has 1 heterocycles. The number of nitrogens with zero attached hydrogens (tertiary/aromatic N) is 2. The van der Waals surface area contributed by atoms with E-state index >= 15 is 0 Å². The van der Waals surface area contributed by atoms with Gasteiger partial charge >= 0.3 is 5.97 Å². The Hall–Kier alpha value is -2.70. The number of carboxylic acids is 1. The van der Waals surface area contributed by atoms with Gasteiger partial charge in [-0.05, 0) is 12.1 Å². The number of carbonyl (C=O) groups is 3. The van der Waals surface area contributed by atoms with Crippen molar-refractivity contribution < 1.29 is 19.5 Å². The third-order valence-corrected chi connectivity index (χ3v) is 2.55. The summed E-state index contributed by atoms with van der Waals surface area (Å²) in [5.74, 6) is -1.89. The van der Waals surface area contributed by atoms with Gasteiger partial charge in [0.1, 0.15) is 0 Å². The van der Waals surface area contributed by atoms with Gasteiger partial charge in [0.2, 0.25) is 11.8 Å². The third-order valence-electron chi connectivity index (χ3n) is 2.55. The molecule has 0 bridgehead atoms. The molecule has 1 amide bonds. The van der Waals surface area contributed by atoms with E-state index in [-0.39, 0.29) is 23.1 Å². The standard InChI is InChI=1S/C12H11N3O4/c1-6(16)14-10-3-8-5-13-15(7(2)17)11(8)4-9(10)12(18)19/h3-5H,1-2H3,(H,14,16)(H,18,19). The molecule has 0 saturated carbocycles. The second-order valence-corrected chi connectivity index (χ2v) is 4.02. The Balaban J connectivity index is 2.70. The van der Waals surface area contributed by atoms with Gasteiger partial charge in [0.15, 0.2) is 0 Å². The summed E-state index contributed by atoms with van der Waals surface area (Å²) in [6.45, 7) is 2.61. The Labute approximate surface area is 107 Å². The summed E-state index contributed by atoms with van der Waals surface area (Å²) < 4.78 is 1.11. The highest BCUT2D eigenvalue weighted by Gasteiger charge is 2.16. The zero-order valence-electron chi connectivity index (χ0n) is 10.3. The highest BCUT2D eigenvalue weighted by molar-refractivity contribution is 6.05. The maximum atomic E-state index is 11.3. The maximum Gasteiger partial charge on any atom is 0.337 e. The van der Waals surface area contributed by atoms with Crippen molar-refractivity contribution >= 4 is 34.4 Å². The second kappa shape index (κ2) is 4.52. The molecule has 0 aliphatic rings. The van der Waals surface area contributed by atoms with Crippen molar-refractivity contribution in [3.8, 4) is 0 Å². The van der Waals surface area contributed by atoms with E-state index in [9.17, 15) is 14.4 Å². The van der Waals surface area contributed by atoms with Crippen molar-refractivity contribution in [3.63, 3.8) is 0 Å². The summed E-state index contributed by atoms with van der Waals surface area (Å²) in [4.78, 5) is 33.6. The average Bonchev–Trinajstić information content (AvgIpc) is 2.69. The average molecular weight is 261 g/mol. The fraction of sp³-hybridized carbons (Fsp3) is 0.167. The van der Waals surface area contributed by atoms with Crippen molar-refractivity contribution in [1.29, 1.82) is 0 Å². The number of hydrogen-bond acceptors (Lipinski definition) is 4. The second-order valence-electron chi connectivity index (χ2n) is 4.02. The first-order valence-corrected chi connectivity index (χ1v) is 5.43. The van der Waals surface area contributed by atoms with Gasteiger partial charge in [-0.3, -0.25) is 9.59 Å². The summed E-state index contributed by atoms with van der Waals surface area (Å²) in [5.41, 5.74) is 0.473. The molecule has 7 heteroatoms. The molecule has 0 radical (unpaired) electrons. The fourth-order valence-corrected chi connectivity index (χ4v) is 1.79. The quantitative estimate of drug-likeness (QED) is 0.849. The summed E-state index contributed by atoms with van der Waals surface area (Å²) in [6, 6.07) is 2.80. The number of aromatic carboxylic acids is 1. The molecule has 1 aromatic carbocycles. The Bertz CT molecular complexity index is 702. The highest BCUT2D eigenvalue weighted by Crippen LogP contribution is 2.24. The van der Waals surface area contributed by atoms with Crippen molar-refractivity contribution in [2.45, 2.75) is 13.8 Å². The van der Waals surface area contributed by atoms with Crippen LogP contribution in [0.4, 0.5) is 5.69 Å². The molecular formula is C12H11N3O4. The largest absolute Gasteiger partial charge is 0.478 e. The number of benzene rings is 1. The van der Waals surface area contributed by atoms with E-state index in [4.69, 9.17) is 5.11 Å². The number of amides is 1. The van der Waals surface area contributed by atoms with Crippen molar-refractivity contribution in [3.05, 3.63) is 23.9 Å². The van der Waals surface area contributed by atoms with Crippen molar-refractivity contribution in [2.24, 2.45) is 0 Å². The van der Waals surface area contributed by atoms with Gasteiger partial charge in [0.05, 0.1) is 23.0 Å². The number of aromatic nitrogens is 2. The normalized spacial score (nSPS) is 10.4. The maximum absolute atomic E-state index is 11.3. The van der Waals surface area contributed by atoms with Crippen LogP contribution in [0.1, 0.15) is 29.0 Å². The molecular weight excluding hydrogens is 250 g/mol. The van der Waals surface area contributed by atoms with Gasteiger partial charge in [-0.25, -0.2) is 9.48 Å². The fourth-order valence-electron chi connectivity index (χ4n) is 1.79. The molecule has 0 aliphatic heterocycles. The Morgan fingerprint density at radius 3 is 2.47 bits per heavy atom. The van der Waals surface area contributed by atoms with E-state index in [1.807, 2.05) is 0 Å². The molecule has 2 aromatic rings. The van der Waals surface area contributed by atoms with E-state index in [2.05, 4.69) is 10.4 Å². The molecule has 2 N–H and O–H groups in total. The molecule has 0 unspecified atom stereocenters. The lowest BCUT2D eigenvalue weighted by molar-refractivity contribution is -0.114. The van der Waals surface area contributed by atoms with Crippen LogP contribution in [0, 0.1) is 0 Å². The first kappa shape index (κ1) is 12.7. The lowest BCUT2D eigenvalue weighted by atomic mass is 10.1. The number of rotatable bonds is 2. The number of nitrogens with one attached hydrogen (secondary N) is 1. The third kappa shape index (κ3) is 2.30. The van der Waals surface area contributed by atoms with Crippen LogP contribution in [-0.4, -0.2) is 32.7 Å². The van der Waals surface area contributed by atoms with Gasteiger partial charge in [0, 0.05) is 19.2 Å². The monoisotopic (exact) mass is 261 g/mol. The lowest BCUT2D eigenvalue weighted by Crippen LogP contribution is -2.12. The molecule has 7 nitrogen and oxygen atoms in total. The van der Waals surface area contributed by atoms with E-state index < -0.39 is 5.97 Å². The first-order valence-electron chi connectivity index (χ1n) is 5.43. The molecule has 0 saturated heterocycles. The SMILES string of the molecule is CC(=O)Nc1cc2cnn(C(C)=O)c2cc1C(=O)O. The van der Waals surface area contributed by atoms with Gasteiger partial charge < -0.3 is 10.4 Å². The Morgan fingerprint density at radius 1 is 1.26 bits per heavy atom. The van der Waals surface area contributed by atoms with Gasteiger partial charge in [-0.2, -0.15) is 5.10 Å². The molecule has 2 rings (SSSR count). The minimum absolute atomic E-state index is 0.0919. The van der Waals surface area contributed by atoms with Gasteiger partial charge in [0.25, 0.3) is 0 Å². The predicted octanol–water partition coefficient (Wildman–Crippen LogP) is 1.35. The number of fused-ring (bicyclic) bond motifs is 1. The predicted molar refractivity (Wildman–Crippen MR) is 67.3 cm³/mol. The van der Waals surface area contributed by atoms with Crippen molar-refractivity contribution in [1.82, 2.24) is 9.78 Å². The molecule has 0 aliphatic carbocycles. The van der Waals surface area contributed by atoms with Crippen LogP contribution in [0.3, 0.4) is 0 Å². The smallest absolute Gasteiger partial charge is 0.337 e. The van der Waals surface area contributed by atoms with Crippen LogP contribution in [-0.2, 0) is 4.79 Å². The van der Waals surface area contributed by atoms with E-state index in [1.165, 1.54) is 32.2 Å². The summed E-state index contributed by atoms with van der Waals surface area (Å²) >= 11 is 0. The van der Waals surface area contributed by atoms with Crippen LogP contribution >= 0.6 is 0 Å². The number of carbonyl (C=O) groups excluding carboxylic acids is 2. The zero-order chi connectivity index (χ0) is 14.2. The van der Waals surface area contributed by atoms with Gasteiger partial charge in [-0.15, -0.1) is 0 Å². The van der Waals surface area contributed by atoms with Crippen LogP contribution < -0.4 is 5.32 Å². The molecule has 19 heavy (non-hydrogen) atoms. The Morgan fingerprint density at radius 2 is 1.95 bits per heavy atom. The lowest BCUT2D eigenvalue weighted by Gasteiger charge is -2.07. The van der Waals surface area contributed by atoms with E-state index in [0.717, 1.165) is 4.68 Å². The molecule has 0 fully saturated rings. The van der Waals surface area contributed by atoms with Gasteiger partial charge in [-0.1, -0.05) is 0 Å². The number of anilines is 1. The molecule has 0 spiro atoms. The number of hydrogen-bond donors (Lipinski definition) is 2. The van der Waals surface area contributed by atoms with Crippen LogP contribution in [0.5, 0.6) is 0 Å². The van der Waals surface area contributed by atoms with E-state index in [0.29, 0.717) is 10.9 Å². The Kier molecular flexibility index (Phi) is 3.04. The number of carboxylic acid groups (broad SMARTS) is 1. The topological polar surface area (TPSA) is 101 Å². The summed E-state index contributed by atoms with van der Waals surface area (Å²) in [6.07, 6.45) is 1.44. The highest BCUT2D eigenvalue weighted by atomic mass is 16.4. The van der Waals surface area contributed by atoms with Crippen LogP contribution in [0.2, 0.25) is 0 Å². The minimum Gasteiger partial charge on any atom is -0.478 e. The summed E-state index contributed by atoms with van der Waals surface area (Å²) in [5, 5.41) is 16.0. The van der Waals surface area contributed by atoms with Crippen LogP contribution in [0.15, 0.2) is 18.3 Å². The first-order chi connectivity index (χ1) is 8.90. The molecule has 98 valence electrons. The zero-order valence-corrected chi connectivity index (χ0v) is 10.3. The molecule has 0 atom stereocenters. The van der Waals surface area contributed by atoms with Crippen LogP contribution in [0.25, 0.3) is 10.9 Å². The minimum atomic E-state index is -1.19.